The van der Waals surface area contributed by atoms with Crippen LogP contribution < -0.4 is 0 Å². The van der Waals surface area contributed by atoms with E-state index in [0.29, 0.717) is 27.8 Å². The third-order valence-corrected chi connectivity index (χ3v) is 3.83. The van der Waals surface area contributed by atoms with Gasteiger partial charge < -0.3 is 4.42 Å². The van der Waals surface area contributed by atoms with E-state index in [2.05, 4.69) is 9.97 Å². The lowest BCUT2D eigenvalue weighted by molar-refractivity contribution is 0.653. The quantitative estimate of drug-likeness (QED) is 0.492. The largest absolute Gasteiger partial charge is 0.437 e. The second-order valence-corrected chi connectivity index (χ2v) is 5.39. The van der Waals surface area contributed by atoms with Gasteiger partial charge in [-0.3, -0.25) is 4.98 Å². The van der Waals surface area contributed by atoms with Crippen LogP contribution in [0.15, 0.2) is 53.1 Å². The molecule has 3 heteroatoms. The lowest BCUT2D eigenvalue weighted by atomic mass is 10.0. The number of furan rings is 1. The Kier molecular flexibility index (Phi) is 1.86. The number of pyridine rings is 2. The molecule has 1 unspecified atom stereocenters. The standard InChI is InChI=1S/C20H18N2O/c1-12(2)14-9-10-21-18(11-14)17-6-4-5-15-16-8-7-13(3)22-20(16)23-19(15)17/h4-12H,1-3H3/i1D3,3D3,12D. The van der Waals surface area contributed by atoms with Crippen molar-refractivity contribution < 1.29 is 14.0 Å². The van der Waals surface area contributed by atoms with Crippen LogP contribution in [0.5, 0.6) is 0 Å². The average molecular weight is 309 g/mol. The van der Waals surface area contributed by atoms with Crippen LogP contribution in [0.1, 0.15) is 40.5 Å². The Morgan fingerprint density at radius 2 is 2.13 bits per heavy atom. The van der Waals surface area contributed by atoms with Gasteiger partial charge in [0.1, 0.15) is 5.58 Å². The zero-order valence-corrected chi connectivity index (χ0v) is 12.4. The van der Waals surface area contributed by atoms with Crippen molar-refractivity contribution in [2.75, 3.05) is 0 Å². The van der Waals surface area contributed by atoms with Crippen LogP contribution in [0.3, 0.4) is 0 Å². The summed E-state index contributed by atoms with van der Waals surface area (Å²) in [6, 6.07) is 11.6. The first kappa shape index (κ1) is 8.25. The molecule has 0 N–H and O–H groups in total. The van der Waals surface area contributed by atoms with Gasteiger partial charge in [-0.05, 0) is 48.6 Å². The highest BCUT2D eigenvalue weighted by Gasteiger charge is 2.14. The molecular weight excluding hydrogens is 284 g/mol. The van der Waals surface area contributed by atoms with E-state index < -0.39 is 19.6 Å². The van der Waals surface area contributed by atoms with Gasteiger partial charge in [-0.2, -0.15) is 0 Å². The van der Waals surface area contributed by atoms with Crippen molar-refractivity contribution in [2.45, 2.75) is 26.5 Å². The summed E-state index contributed by atoms with van der Waals surface area (Å²) in [4.78, 5) is 8.50. The van der Waals surface area contributed by atoms with E-state index in [9.17, 15) is 0 Å². The smallest absolute Gasteiger partial charge is 0.227 e. The first-order valence-corrected chi connectivity index (χ1v) is 7.19. The Balaban J connectivity index is 1.91. The molecule has 0 bridgehead atoms. The zero-order chi connectivity index (χ0) is 21.9. The number of fused-ring (bicyclic) bond motifs is 3. The van der Waals surface area contributed by atoms with Crippen LogP contribution in [0.25, 0.3) is 33.3 Å². The topological polar surface area (TPSA) is 38.9 Å². The molecule has 3 heterocycles. The molecule has 0 aliphatic carbocycles. The molecule has 0 saturated carbocycles. The van der Waals surface area contributed by atoms with E-state index in [1.165, 1.54) is 25.3 Å². The molecule has 0 amide bonds. The van der Waals surface area contributed by atoms with E-state index in [1.54, 1.807) is 18.2 Å². The third-order valence-electron chi connectivity index (χ3n) is 3.83. The van der Waals surface area contributed by atoms with Crippen LogP contribution in [-0.2, 0) is 0 Å². The molecule has 114 valence electrons. The molecule has 0 aliphatic rings. The molecule has 1 atom stereocenters. The number of nitrogens with zero attached hydrogens (tertiary/aromatic N) is 2. The molecule has 0 fully saturated rings. The number of aromatic nitrogens is 2. The molecule has 0 saturated heterocycles. The number of hydrogen-bond donors (Lipinski definition) is 0. The molecule has 3 nitrogen and oxygen atoms in total. The summed E-state index contributed by atoms with van der Waals surface area (Å²) < 4.78 is 59.9. The van der Waals surface area contributed by atoms with Gasteiger partial charge in [0.05, 0.1) is 5.69 Å². The van der Waals surface area contributed by atoms with E-state index in [0.717, 1.165) is 5.39 Å². The molecule has 4 rings (SSSR count). The van der Waals surface area contributed by atoms with Crippen LogP contribution in [-0.4, -0.2) is 9.97 Å². The molecule has 0 radical (unpaired) electrons. The normalized spacial score (nSPS) is 19.8. The lowest BCUT2D eigenvalue weighted by Crippen LogP contribution is -1.90. The second-order valence-electron chi connectivity index (χ2n) is 5.39. The van der Waals surface area contributed by atoms with Crippen molar-refractivity contribution in [3.8, 4) is 11.3 Å². The molecule has 4 aromatic rings. The van der Waals surface area contributed by atoms with Crippen molar-refractivity contribution in [3.63, 3.8) is 0 Å². The van der Waals surface area contributed by atoms with Crippen LogP contribution in [0.4, 0.5) is 0 Å². The van der Waals surface area contributed by atoms with Gasteiger partial charge >= 0.3 is 0 Å². The summed E-state index contributed by atoms with van der Waals surface area (Å²) in [6.07, 6.45) is 1.47. The lowest BCUT2D eigenvalue weighted by Gasteiger charge is -2.07. The minimum atomic E-state index is -2.51. The van der Waals surface area contributed by atoms with Crippen molar-refractivity contribution in [3.05, 3.63) is 59.9 Å². The third kappa shape index (κ3) is 2.29. The number of rotatable bonds is 2. The monoisotopic (exact) mass is 309 g/mol. The van der Waals surface area contributed by atoms with E-state index >= 15 is 0 Å². The predicted octanol–water partition coefficient (Wildman–Crippen LogP) is 5.47. The number of para-hydroxylation sites is 1. The Morgan fingerprint density at radius 1 is 1.17 bits per heavy atom. The van der Waals surface area contributed by atoms with Gasteiger partial charge in [0.2, 0.25) is 5.71 Å². The summed E-state index contributed by atoms with van der Waals surface area (Å²) in [6.45, 7) is -3.51. The summed E-state index contributed by atoms with van der Waals surface area (Å²) in [5.74, 6) is -1.80. The Labute approximate surface area is 144 Å². The van der Waals surface area contributed by atoms with Gasteiger partial charge in [-0.15, -0.1) is 0 Å². The zero-order valence-electron chi connectivity index (χ0n) is 19.4. The Bertz CT molecular complexity index is 1260. The maximum absolute atomic E-state index is 8.33. The average Bonchev–Trinajstić information content (AvgIpc) is 3.04. The first-order chi connectivity index (χ1) is 13.9. The van der Waals surface area contributed by atoms with E-state index in [-0.39, 0.29) is 11.4 Å². The Hall–Kier alpha value is -2.68. The summed E-state index contributed by atoms with van der Waals surface area (Å²) >= 11 is 0. The number of hydrogen-bond acceptors (Lipinski definition) is 3. The van der Waals surface area contributed by atoms with Crippen LogP contribution in [0.2, 0.25) is 0 Å². The molecular formula is C20H18N2O. The van der Waals surface area contributed by atoms with Gasteiger partial charge in [-0.25, -0.2) is 4.98 Å². The van der Waals surface area contributed by atoms with E-state index in [4.69, 9.17) is 14.0 Å². The van der Waals surface area contributed by atoms with Gasteiger partial charge in [0, 0.05) is 37.8 Å². The fraction of sp³-hybridized carbons (Fsp3) is 0.200. The van der Waals surface area contributed by atoms with Crippen molar-refractivity contribution in [2.24, 2.45) is 0 Å². The fourth-order valence-electron chi connectivity index (χ4n) is 2.69. The van der Waals surface area contributed by atoms with E-state index in [1.807, 2.05) is 12.1 Å². The fourth-order valence-corrected chi connectivity index (χ4v) is 2.69. The van der Waals surface area contributed by atoms with Crippen LogP contribution in [0, 0.1) is 6.85 Å². The van der Waals surface area contributed by atoms with Crippen molar-refractivity contribution in [1.29, 1.82) is 0 Å². The summed E-state index contributed by atoms with van der Waals surface area (Å²) in [5, 5.41) is 1.41. The van der Waals surface area contributed by atoms with Gasteiger partial charge in [0.15, 0.2) is 0 Å². The molecule has 1 aromatic carbocycles. The van der Waals surface area contributed by atoms with Gasteiger partial charge in [0.25, 0.3) is 0 Å². The molecule has 0 spiro atoms. The Morgan fingerprint density at radius 3 is 3.00 bits per heavy atom. The summed E-state index contributed by atoms with van der Waals surface area (Å²) in [5.41, 5.74) is 1.98. The van der Waals surface area contributed by atoms with Crippen molar-refractivity contribution in [1.82, 2.24) is 9.97 Å². The maximum atomic E-state index is 8.33. The highest BCUT2D eigenvalue weighted by molar-refractivity contribution is 6.08. The number of aryl methyl sites for hydroxylation is 1. The molecule has 0 aliphatic heterocycles. The predicted molar refractivity (Wildman–Crippen MR) is 93.6 cm³/mol. The van der Waals surface area contributed by atoms with Crippen molar-refractivity contribution >= 4 is 22.1 Å². The first-order valence-electron chi connectivity index (χ1n) is 10.7. The molecule has 3 aromatic heterocycles. The highest BCUT2D eigenvalue weighted by Crippen LogP contribution is 2.35. The minimum Gasteiger partial charge on any atom is -0.437 e. The maximum Gasteiger partial charge on any atom is 0.227 e. The SMILES string of the molecule is [2H]C([2H])([2H])c1ccc2c(n1)oc1c(-c3cc(C([2H])(C)C([2H])([2H])[2H])ccn3)cccc12. The van der Waals surface area contributed by atoms with Gasteiger partial charge in [-0.1, -0.05) is 25.9 Å². The number of benzene rings is 1. The second kappa shape index (κ2) is 5.20. The minimum absolute atomic E-state index is 0.0571. The summed E-state index contributed by atoms with van der Waals surface area (Å²) in [7, 11) is 0. The molecule has 23 heavy (non-hydrogen) atoms. The highest BCUT2D eigenvalue weighted by atomic mass is 16.3. The van der Waals surface area contributed by atoms with Crippen LogP contribution >= 0.6 is 0 Å².